The minimum absolute atomic E-state index is 0.0222. The number of nitrogens with one attached hydrogen (secondary N) is 2. The summed E-state index contributed by atoms with van der Waals surface area (Å²) in [6.07, 6.45) is 0. The number of halogens is 1. The number of hydrazine groups is 1. The lowest BCUT2D eigenvalue weighted by Gasteiger charge is -2.10. The number of carbonyl (C=O) groups excluding carboxylic acids is 2. The van der Waals surface area contributed by atoms with E-state index in [4.69, 9.17) is 0 Å². The third-order valence-electron chi connectivity index (χ3n) is 3.46. The quantitative estimate of drug-likeness (QED) is 0.520. The predicted molar refractivity (Wildman–Crippen MR) is 99.4 cm³/mol. The Morgan fingerprint density at radius 1 is 1.04 bits per heavy atom. The maximum absolute atomic E-state index is 13.3. The molecule has 0 aliphatic heterocycles. The van der Waals surface area contributed by atoms with Gasteiger partial charge in [0, 0.05) is 18.2 Å². The summed E-state index contributed by atoms with van der Waals surface area (Å²) in [5, 5.41) is 8.88. The van der Waals surface area contributed by atoms with E-state index in [0.29, 0.717) is 16.7 Å². The molecule has 27 heavy (non-hydrogen) atoms. The molecular weight excluding hydrogens is 369 g/mol. The van der Waals surface area contributed by atoms with Crippen LogP contribution in [0.1, 0.15) is 6.92 Å². The van der Waals surface area contributed by atoms with Crippen molar-refractivity contribution in [3.63, 3.8) is 0 Å². The summed E-state index contributed by atoms with van der Waals surface area (Å²) < 4.78 is 15.1. The fraction of sp³-hybridized carbons (Fsp3) is 0.111. The van der Waals surface area contributed by atoms with Crippen molar-refractivity contribution in [1.29, 1.82) is 0 Å². The van der Waals surface area contributed by atoms with E-state index in [-0.39, 0.29) is 23.4 Å². The van der Waals surface area contributed by atoms with Gasteiger partial charge in [0.2, 0.25) is 11.8 Å². The topological polar surface area (TPSA) is 88.9 Å². The minimum Gasteiger partial charge on any atom is -0.274 e. The van der Waals surface area contributed by atoms with Crippen molar-refractivity contribution in [1.82, 2.24) is 25.6 Å². The largest absolute Gasteiger partial charge is 0.274 e. The normalized spacial score (nSPS) is 10.4. The van der Waals surface area contributed by atoms with Crippen LogP contribution in [0.15, 0.2) is 59.8 Å². The predicted octanol–water partition coefficient (Wildman–Crippen LogP) is 2.33. The Balaban J connectivity index is 1.90. The Kier molecular flexibility index (Phi) is 5.82. The summed E-state index contributed by atoms with van der Waals surface area (Å²) in [5.74, 6) is -0.503. The van der Waals surface area contributed by atoms with E-state index in [2.05, 4.69) is 21.0 Å². The van der Waals surface area contributed by atoms with Crippen LogP contribution in [0.4, 0.5) is 4.39 Å². The molecule has 1 heterocycles. The molecule has 2 N–H and O–H groups in total. The molecule has 2 amide bonds. The van der Waals surface area contributed by atoms with Crippen LogP contribution in [0.2, 0.25) is 0 Å². The summed E-state index contributed by atoms with van der Waals surface area (Å²) >= 11 is 1.15. The van der Waals surface area contributed by atoms with Gasteiger partial charge in [0.1, 0.15) is 5.82 Å². The molecule has 0 atom stereocenters. The van der Waals surface area contributed by atoms with Crippen molar-refractivity contribution in [2.45, 2.75) is 12.1 Å². The van der Waals surface area contributed by atoms with Crippen molar-refractivity contribution >= 4 is 23.6 Å². The van der Waals surface area contributed by atoms with Crippen LogP contribution in [-0.2, 0) is 9.59 Å². The lowest BCUT2D eigenvalue weighted by molar-refractivity contribution is -0.126. The highest BCUT2D eigenvalue weighted by atomic mass is 32.2. The van der Waals surface area contributed by atoms with E-state index >= 15 is 0 Å². The zero-order valence-electron chi connectivity index (χ0n) is 14.3. The molecule has 0 radical (unpaired) electrons. The molecule has 3 rings (SSSR count). The number of hydrogen-bond donors (Lipinski definition) is 2. The van der Waals surface area contributed by atoms with Crippen molar-refractivity contribution in [2.24, 2.45) is 0 Å². The molecule has 2 aromatic carbocycles. The Labute approximate surface area is 159 Å². The van der Waals surface area contributed by atoms with E-state index in [1.807, 2.05) is 30.3 Å². The van der Waals surface area contributed by atoms with Gasteiger partial charge in [-0.1, -0.05) is 42.1 Å². The van der Waals surface area contributed by atoms with E-state index in [9.17, 15) is 14.0 Å². The molecule has 0 saturated heterocycles. The maximum Gasteiger partial charge on any atom is 0.248 e. The van der Waals surface area contributed by atoms with Gasteiger partial charge in [-0.05, 0) is 24.3 Å². The molecule has 0 fully saturated rings. The highest BCUT2D eigenvalue weighted by Crippen LogP contribution is 2.27. The fourth-order valence-corrected chi connectivity index (χ4v) is 3.04. The molecular formula is C18H16FN5O2S. The van der Waals surface area contributed by atoms with Crippen LogP contribution < -0.4 is 10.9 Å². The fourth-order valence-electron chi connectivity index (χ4n) is 2.28. The van der Waals surface area contributed by atoms with Crippen LogP contribution in [0.5, 0.6) is 0 Å². The van der Waals surface area contributed by atoms with E-state index in [1.54, 1.807) is 16.7 Å². The number of carbonyl (C=O) groups is 2. The summed E-state index contributed by atoms with van der Waals surface area (Å²) in [6.45, 7) is 1.30. The number of thioether (sulfide) groups is 1. The summed E-state index contributed by atoms with van der Waals surface area (Å²) in [5.41, 5.74) is 6.03. The van der Waals surface area contributed by atoms with E-state index in [0.717, 1.165) is 17.3 Å². The molecule has 0 bridgehead atoms. The third kappa shape index (κ3) is 4.70. The van der Waals surface area contributed by atoms with E-state index < -0.39 is 0 Å². The Morgan fingerprint density at radius 2 is 1.74 bits per heavy atom. The standard InChI is InChI=1S/C18H16FN5O2S/c1-12(25)20-21-16(26)11-27-18-23-22-17(13-5-3-2-4-6-13)24(18)15-9-7-14(19)8-10-15/h2-10H,11H2,1H3,(H,20,25)(H,21,26). The number of aromatic nitrogens is 3. The number of benzene rings is 2. The second kappa shape index (κ2) is 8.45. The first-order chi connectivity index (χ1) is 13.0. The summed E-state index contributed by atoms with van der Waals surface area (Å²) in [7, 11) is 0. The van der Waals surface area contributed by atoms with Gasteiger partial charge in [0.05, 0.1) is 5.75 Å². The number of hydrogen-bond acceptors (Lipinski definition) is 5. The summed E-state index contributed by atoms with van der Waals surface area (Å²) in [4.78, 5) is 22.7. The molecule has 0 spiro atoms. The molecule has 0 aliphatic rings. The minimum atomic E-state index is -0.384. The van der Waals surface area contributed by atoms with Crippen molar-refractivity contribution in [2.75, 3.05) is 5.75 Å². The van der Waals surface area contributed by atoms with Gasteiger partial charge in [-0.2, -0.15) is 0 Å². The molecule has 0 aliphatic carbocycles. The molecule has 0 saturated carbocycles. The molecule has 1 aromatic heterocycles. The van der Waals surface area contributed by atoms with Gasteiger partial charge in [0.15, 0.2) is 11.0 Å². The van der Waals surface area contributed by atoms with Crippen LogP contribution in [0, 0.1) is 5.82 Å². The van der Waals surface area contributed by atoms with Crippen LogP contribution in [-0.4, -0.2) is 32.3 Å². The van der Waals surface area contributed by atoms with E-state index in [1.165, 1.54) is 19.1 Å². The Hall–Kier alpha value is -3.20. The first kappa shape index (κ1) is 18.6. The second-order valence-corrected chi connectivity index (χ2v) is 6.44. The van der Waals surface area contributed by atoms with Gasteiger partial charge < -0.3 is 0 Å². The first-order valence-electron chi connectivity index (χ1n) is 7.99. The maximum atomic E-state index is 13.3. The highest BCUT2D eigenvalue weighted by Gasteiger charge is 2.17. The van der Waals surface area contributed by atoms with Gasteiger partial charge in [0.25, 0.3) is 0 Å². The van der Waals surface area contributed by atoms with Crippen LogP contribution >= 0.6 is 11.8 Å². The molecule has 138 valence electrons. The number of nitrogens with zero attached hydrogens (tertiary/aromatic N) is 3. The number of rotatable bonds is 5. The van der Waals surface area contributed by atoms with Crippen LogP contribution in [0.3, 0.4) is 0 Å². The SMILES string of the molecule is CC(=O)NNC(=O)CSc1nnc(-c2ccccc2)n1-c1ccc(F)cc1. The zero-order valence-corrected chi connectivity index (χ0v) is 15.2. The van der Waals surface area contributed by atoms with Crippen LogP contribution in [0.25, 0.3) is 17.1 Å². The van der Waals surface area contributed by atoms with Gasteiger partial charge in [-0.15, -0.1) is 10.2 Å². The third-order valence-corrected chi connectivity index (χ3v) is 4.39. The summed E-state index contributed by atoms with van der Waals surface area (Å²) in [6, 6.07) is 15.4. The average Bonchev–Trinajstić information content (AvgIpc) is 3.10. The molecule has 9 heteroatoms. The Morgan fingerprint density at radius 3 is 2.41 bits per heavy atom. The highest BCUT2D eigenvalue weighted by molar-refractivity contribution is 7.99. The lowest BCUT2D eigenvalue weighted by Crippen LogP contribution is -2.41. The number of amides is 2. The lowest BCUT2D eigenvalue weighted by atomic mass is 10.2. The van der Waals surface area contributed by atoms with Gasteiger partial charge in [-0.3, -0.25) is 25.0 Å². The zero-order chi connectivity index (χ0) is 19.2. The average molecular weight is 385 g/mol. The smallest absolute Gasteiger partial charge is 0.248 e. The Bertz CT molecular complexity index is 944. The first-order valence-corrected chi connectivity index (χ1v) is 8.98. The molecule has 7 nitrogen and oxygen atoms in total. The van der Waals surface area contributed by atoms with Gasteiger partial charge >= 0.3 is 0 Å². The van der Waals surface area contributed by atoms with Crippen molar-refractivity contribution < 1.29 is 14.0 Å². The van der Waals surface area contributed by atoms with Crippen molar-refractivity contribution in [3.05, 3.63) is 60.4 Å². The van der Waals surface area contributed by atoms with Crippen molar-refractivity contribution in [3.8, 4) is 17.1 Å². The molecule has 3 aromatic rings. The monoisotopic (exact) mass is 385 g/mol. The van der Waals surface area contributed by atoms with Gasteiger partial charge in [-0.25, -0.2) is 4.39 Å². The second-order valence-electron chi connectivity index (χ2n) is 5.50. The molecule has 0 unspecified atom stereocenters.